The summed E-state index contributed by atoms with van der Waals surface area (Å²) in [6.45, 7) is 1.24. The molecule has 3 rings (SSSR count). The molecular formula is C22H20N2O4. The average Bonchev–Trinajstić information content (AvgIpc) is 2.70. The third-order valence-corrected chi connectivity index (χ3v) is 4.15. The number of rotatable bonds is 6. The molecule has 1 atom stereocenters. The van der Waals surface area contributed by atoms with E-state index in [2.05, 4.69) is 5.32 Å². The number of ether oxygens (including phenoxy) is 1. The zero-order chi connectivity index (χ0) is 19.9. The summed E-state index contributed by atoms with van der Waals surface area (Å²) in [4.78, 5) is 36.2. The van der Waals surface area contributed by atoms with Crippen LogP contribution in [0.5, 0.6) is 0 Å². The summed E-state index contributed by atoms with van der Waals surface area (Å²) in [5.41, 5.74) is 2.14. The van der Waals surface area contributed by atoms with E-state index in [4.69, 9.17) is 4.74 Å². The molecule has 1 heterocycles. The van der Waals surface area contributed by atoms with Gasteiger partial charge in [0.15, 0.2) is 6.10 Å². The summed E-state index contributed by atoms with van der Waals surface area (Å²) >= 11 is 0. The number of esters is 1. The molecule has 142 valence electrons. The molecule has 1 amide bonds. The van der Waals surface area contributed by atoms with Crippen LogP contribution in [-0.4, -0.2) is 22.5 Å². The zero-order valence-corrected chi connectivity index (χ0v) is 15.4. The molecule has 0 spiro atoms. The maximum absolute atomic E-state index is 12.5. The minimum absolute atomic E-state index is 0.252. The highest BCUT2D eigenvalue weighted by Crippen LogP contribution is 2.27. The minimum Gasteiger partial charge on any atom is -0.451 e. The summed E-state index contributed by atoms with van der Waals surface area (Å²) in [5, 5.41) is 2.80. The lowest BCUT2D eigenvalue weighted by Gasteiger charge is -2.16. The molecule has 3 aromatic rings. The number of amides is 1. The second-order valence-corrected chi connectivity index (χ2v) is 6.20. The summed E-state index contributed by atoms with van der Waals surface area (Å²) in [7, 11) is 0. The maximum Gasteiger partial charge on any atom is 0.326 e. The van der Waals surface area contributed by atoms with Crippen LogP contribution in [-0.2, 0) is 20.9 Å². The van der Waals surface area contributed by atoms with Gasteiger partial charge in [-0.1, -0.05) is 54.6 Å². The van der Waals surface area contributed by atoms with Crippen LogP contribution in [0.15, 0.2) is 83.8 Å². The van der Waals surface area contributed by atoms with Gasteiger partial charge in [0.2, 0.25) is 0 Å². The highest BCUT2D eigenvalue weighted by Gasteiger charge is 2.19. The van der Waals surface area contributed by atoms with Crippen molar-refractivity contribution in [2.24, 2.45) is 0 Å². The molecule has 0 aliphatic heterocycles. The standard InChI is InChI=1S/C22H20N2O4/c1-16(28-21(26)15-24-14-8-7-13-20(24)25)22(27)23-19-12-6-5-11-18(19)17-9-3-2-4-10-17/h2-14,16H,15H2,1H3,(H,23,27)/t16-/m1/s1. The van der Waals surface area contributed by atoms with Gasteiger partial charge in [-0.15, -0.1) is 0 Å². The lowest BCUT2D eigenvalue weighted by molar-refractivity contribution is -0.153. The van der Waals surface area contributed by atoms with Crippen LogP contribution in [0, 0.1) is 0 Å². The number of carbonyl (C=O) groups excluding carboxylic acids is 2. The van der Waals surface area contributed by atoms with Crippen molar-refractivity contribution in [3.63, 3.8) is 0 Å². The lowest BCUT2D eigenvalue weighted by atomic mass is 10.0. The van der Waals surface area contributed by atoms with Crippen molar-refractivity contribution in [2.75, 3.05) is 5.32 Å². The van der Waals surface area contributed by atoms with Gasteiger partial charge >= 0.3 is 5.97 Å². The van der Waals surface area contributed by atoms with Crippen molar-refractivity contribution in [1.29, 1.82) is 0 Å². The van der Waals surface area contributed by atoms with Crippen molar-refractivity contribution < 1.29 is 14.3 Å². The fraction of sp³-hybridized carbons (Fsp3) is 0.136. The van der Waals surface area contributed by atoms with Crippen molar-refractivity contribution in [1.82, 2.24) is 4.57 Å². The van der Waals surface area contributed by atoms with E-state index in [0.29, 0.717) is 5.69 Å². The van der Waals surface area contributed by atoms with Crippen LogP contribution >= 0.6 is 0 Å². The number of hydrogen-bond acceptors (Lipinski definition) is 4. The molecule has 6 nitrogen and oxygen atoms in total. The Hall–Kier alpha value is -3.67. The van der Waals surface area contributed by atoms with E-state index in [0.717, 1.165) is 11.1 Å². The highest BCUT2D eigenvalue weighted by atomic mass is 16.5. The number of para-hydroxylation sites is 1. The molecule has 1 aromatic heterocycles. The highest BCUT2D eigenvalue weighted by molar-refractivity contribution is 5.98. The van der Waals surface area contributed by atoms with Gasteiger partial charge in [0.05, 0.1) is 0 Å². The summed E-state index contributed by atoms with van der Waals surface area (Å²) < 4.78 is 6.40. The van der Waals surface area contributed by atoms with Crippen LogP contribution < -0.4 is 10.9 Å². The minimum atomic E-state index is -1.00. The van der Waals surface area contributed by atoms with Gasteiger partial charge in [0, 0.05) is 23.5 Å². The van der Waals surface area contributed by atoms with Crippen molar-refractivity contribution in [2.45, 2.75) is 19.6 Å². The van der Waals surface area contributed by atoms with Gasteiger partial charge in [-0.25, -0.2) is 0 Å². The number of hydrogen-bond donors (Lipinski definition) is 1. The second-order valence-electron chi connectivity index (χ2n) is 6.20. The molecule has 0 bridgehead atoms. The molecule has 1 N–H and O–H groups in total. The van der Waals surface area contributed by atoms with Crippen LogP contribution in [0.25, 0.3) is 11.1 Å². The molecule has 0 unspecified atom stereocenters. The SMILES string of the molecule is C[C@@H](OC(=O)Cn1ccccc1=O)C(=O)Nc1ccccc1-c1ccccc1. The molecule has 6 heteroatoms. The number of nitrogens with zero attached hydrogens (tertiary/aromatic N) is 1. The monoisotopic (exact) mass is 376 g/mol. The number of benzene rings is 2. The van der Waals surface area contributed by atoms with Crippen molar-refractivity contribution in [3.8, 4) is 11.1 Å². The Bertz CT molecular complexity index is 1030. The van der Waals surface area contributed by atoms with E-state index in [1.165, 1.54) is 23.8 Å². The normalized spacial score (nSPS) is 11.5. The number of pyridine rings is 1. The number of carbonyl (C=O) groups is 2. The summed E-state index contributed by atoms with van der Waals surface area (Å²) in [5.74, 6) is -1.11. The fourth-order valence-electron chi connectivity index (χ4n) is 2.71. The molecule has 0 saturated carbocycles. The first-order valence-corrected chi connectivity index (χ1v) is 8.85. The Morgan fingerprint density at radius 2 is 1.64 bits per heavy atom. The number of aromatic nitrogens is 1. The molecule has 0 aliphatic carbocycles. The topological polar surface area (TPSA) is 77.4 Å². The predicted octanol–water partition coefficient (Wildman–Crippen LogP) is 3.09. The largest absolute Gasteiger partial charge is 0.451 e. The Balaban J connectivity index is 1.66. The quantitative estimate of drug-likeness (QED) is 0.671. The average molecular weight is 376 g/mol. The zero-order valence-electron chi connectivity index (χ0n) is 15.4. The molecule has 28 heavy (non-hydrogen) atoms. The van der Waals surface area contributed by atoms with Gasteiger partial charge < -0.3 is 14.6 Å². The van der Waals surface area contributed by atoms with E-state index in [1.807, 2.05) is 48.5 Å². The van der Waals surface area contributed by atoms with Gasteiger partial charge in [-0.3, -0.25) is 14.4 Å². The molecule has 0 saturated heterocycles. The van der Waals surface area contributed by atoms with Crippen LogP contribution in [0.2, 0.25) is 0 Å². The third kappa shape index (κ3) is 4.73. The predicted molar refractivity (Wildman–Crippen MR) is 107 cm³/mol. The van der Waals surface area contributed by atoms with E-state index in [9.17, 15) is 14.4 Å². The summed E-state index contributed by atoms with van der Waals surface area (Å²) in [6, 6.07) is 21.6. The number of nitrogens with one attached hydrogen (secondary N) is 1. The van der Waals surface area contributed by atoms with E-state index in [1.54, 1.807) is 18.2 Å². The van der Waals surface area contributed by atoms with Gasteiger partial charge in [0.25, 0.3) is 11.5 Å². The van der Waals surface area contributed by atoms with Crippen LogP contribution in [0.3, 0.4) is 0 Å². The van der Waals surface area contributed by atoms with Gasteiger partial charge in [-0.2, -0.15) is 0 Å². The Morgan fingerprint density at radius 1 is 0.964 bits per heavy atom. The van der Waals surface area contributed by atoms with E-state index in [-0.39, 0.29) is 12.1 Å². The molecule has 2 aromatic carbocycles. The Labute approximate surface area is 162 Å². The summed E-state index contributed by atoms with van der Waals surface area (Å²) in [6.07, 6.45) is 0.487. The number of anilines is 1. The molecular weight excluding hydrogens is 356 g/mol. The first-order chi connectivity index (χ1) is 13.5. The second kappa shape index (κ2) is 8.81. The Morgan fingerprint density at radius 3 is 2.39 bits per heavy atom. The van der Waals surface area contributed by atoms with E-state index >= 15 is 0 Å². The fourth-order valence-corrected chi connectivity index (χ4v) is 2.71. The van der Waals surface area contributed by atoms with Crippen LogP contribution in [0.4, 0.5) is 5.69 Å². The first kappa shape index (κ1) is 19.1. The van der Waals surface area contributed by atoms with Crippen molar-refractivity contribution in [3.05, 3.63) is 89.3 Å². The first-order valence-electron chi connectivity index (χ1n) is 8.85. The van der Waals surface area contributed by atoms with Gasteiger partial charge in [-0.05, 0) is 24.6 Å². The molecule has 0 radical (unpaired) electrons. The molecule has 0 fully saturated rings. The van der Waals surface area contributed by atoms with Crippen molar-refractivity contribution >= 4 is 17.6 Å². The van der Waals surface area contributed by atoms with Crippen LogP contribution in [0.1, 0.15) is 6.92 Å². The lowest BCUT2D eigenvalue weighted by Crippen LogP contribution is -2.32. The van der Waals surface area contributed by atoms with E-state index < -0.39 is 18.0 Å². The van der Waals surface area contributed by atoms with Gasteiger partial charge in [0.1, 0.15) is 6.54 Å². The smallest absolute Gasteiger partial charge is 0.326 e. The Kier molecular flexibility index (Phi) is 6.01. The molecule has 0 aliphatic rings. The maximum atomic E-state index is 12.5. The third-order valence-electron chi connectivity index (χ3n) is 4.15.